The van der Waals surface area contributed by atoms with Crippen molar-refractivity contribution in [1.29, 1.82) is 0 Å². The van der Waals surface area contributed by atoms with E-state index in [0.29, 0.717) is 33.2 Å². The predicted octanol–water partition coefficient (Wildman–Crippen LogP) is 4.24. The lowest BCUT2D eigenvalue weighted by Gasteiger charge is -2.05. The molecule has 0 fully saturated rings. The second-order valence-electron chi connectivity index (χ2n) is 6.95. The van der Waals surface area contributed by atoms with Gasteiger partial charge < -0.3 is 14.0 Å². The lowest BCUT2D eigenvalue weighted by molar-refractivity contribution is 0.369. The molecular weight excluding hydrogens is 428 g/mol. The summed E-state index contributed by atoms with van der Waals surface area (Å²) in [5.41, 5.74) is 2.30. The minimum atomic E-state index is -0.167. The van der Waals surface area contributed by atoms with Gasteiger partial charge in [0.15, 0.2) is 0 Å². The van der Waals surface area contributed by atoms with E-state index in [1.807, 2.05) is 53.9 Å². The molecule has 0 unspecified atom stereocenters. The third kappa shape index (κ3) is 3.52. The summed E-state index contributed by atoms with van der Waals surface area (Å²) in [7, 11) is 3.20. The van der Waals surface area contributed by atoms with Crippen molar-refractivity contribution in [3.8, 4) is 34.0 Å². The van der Waals surface area contributed by atoms with Gasteiger partial charge in [0.1, 0.15) is 22.9 Å². The lowest BCUT2D eigenvalue weighted by atomic mass is 10.1. The van der Waals surface area contributed by atoms with Crippen LogP contribution in [0.25, 0.3) is 32.7 Å². The Labute approximate surface area is 186 Å². The fourth-order valence-corrected chi connectivity index (χ4v) is 4.37. The van der Waals surface area contributed by atoms with Gasteiger partial charge in [0.2, 0.25) is 11.7 Å². The molecule has 0 radical (unpaired) electrons. The second kappa shape index (κ2) is 8.27. The molecule has 3 heterocycles. The highest BCUT2D eigenvalue weighted by Gasteiger charge is 2.17. The molecule has 160 valence electrons. The van der Waals surface area contributed by atoms with Crippen molar-refractivity contribution in [3.63, 3.8) is 0 Å². The van der Waals surface area contributed by atoms with Crippen LogP contribution in [0.1, 0.15) is 5.89 Å². The molecule has 0 saturated heterocycles. The largest absolute Gasteiger partial charge is 0.497 e. The van der Waals surface area contributed by atoms with Crippen LogP contribution in [-0.2, 0) is 6.54 Å². The van der Waals surface area contributed by atoms with Crippen molar-refractivity contribution in [2.24, 2.45) is 0 Å². The standard InChI is InChI=1S/C23H18N4O4S/c1-29-15-9-7-14(8-10-15)17-12-32-22-20(17)23(28)27(13-24-22)11-19-25-21(26-31-19)16-5-3-4-6-18(16)30-2/h3-10,12-13H,11H2,1-2H3. The smallest absolute Gasteiger partial charge is 0.263 e. The number of hydrogen-bond acceptors (Lipinski definition) is 8. The maximum absolute atomic E-state index is 13.3. The zero-order chi connectivity index (χ0) is 22.1. The zero-order valence-electron chi connectivity index (χ0n) is 17.3. The lowest BCUT2D eigenvalue weighted by Crippen LogP contribution is -2.21. The van der Waals surface area contributed by atoms with E-state index >= 15 is 0 Å². The molecule has 0 bridgehead atoms. The van der Waals surface area contributed by atoms with Crippen LogP contribution in [0.3, 0.4) is 0 Å². The molecule has 3 aromatic heterocycles. The van der Waals surface area contributed by atoms with E-state index in [-0.39, 0.29) is 12.1 Å². The van der Waals surface area contributed by atoms with E-state index in [9.17, 15) is 4.79 Å². The molecule has 0 N–H and O–H groups in total. The van der Waals surface area contributed by atoms with E-state index in [1.165, 1.54) is 22.2 Å². The first kappa shape index (κ1) is 20.0. The van der Waals surface area contributed by atoms with Crippen molar-refractivity contribution < 1.29 is 14.0 Å². The first-order valence-corrected chi connectivity index (χ1v) is 10.6. The van der Waals surface area contributed by atoms with Crippen molar-refractivity contribution >= 4 is 21.6 Å². The maximum Gasteiger partial charge on any atom is 0.263 e. The molecule has 0 atom stereocenters. The highest BCUT2D eigenvalue weighted by atomic mass is 32.1. The number of rotatable bonds is 6. The zero-order valence-corrected chi connectivity index (χ0v) is 18.1. The van der Waals surface area contributed by atoms with E-state index in [0.717, 1.165) is 16.9 Å². The molecule has 2 aromatic carbocycles. The van der Waals surface area contributed by atoms with Crippen molar-refractivity contribution in [1.82, 2.24) is 19.7 Å². The molecule has 0 amide bonds. The van der Waals surface area contributed by atoms with Gasteiger partial charge in [-0.25, -0.2) is 4.98 Å². The van der Waals surface area contributed by atoms with E-state index < -0.39 is 0 Å². The van der Waals surface area contributed by atoms with Crippen LogP contribution >= 0.6 is 11.3 Å². The van der Waals surface area contributed by atoms with Crippen molar-refractivity contribution in [2.75, 3.05) is 14.2 Å². The average molecular weight is 446 g/mol. The van der Waals surface area contributed by atoms with Gasteiger partial charge >= 0.3 is 0 Å². The van der Waals surface area contributed by atoms with Gasteiger partial charge in [-0.3, -0.25) is 9.36 Å². The summed E-state index contributed by atoms with van der Waals surface area (Å²) in [6.45, 7) is 0.113. The summed E-state index contributed by atoms with van der Waals surface area (Å²) in [4.78, 5) is 22.9. The maximum atomic E-state index is 13.3. The number of thiophene rings is 1. The fourth-order valence-electron chi connectivity index (χ4n) is 3.47. The third-order valence-electron chi connectivity index (χ3n) is 5.08. The summed E-state index contributed by atoms with van der Waals surface area (Å²) in [6, 6.07) is 15.0. The molecule has 5 aromatic rings. The molecule has 0 aliphatic heterocycles. The number of ether oxygens (including phenoxy) is 2. The van der Waals surface area contributed by atoms with Gasteiger partial charge in [0.25, 0.3) is 5.56 Å². The Morgan fingerprint density at radius 2 is 1.84 bits per heavy atom. The van der Waals surface area contributed by atoms with Crippen molar-refractivity contribution in [3.05, 3.63) is 76.5 Å². The number of para-hydroxylation sites is 1. The number of benzene rings is 2. The van der Waals surface area contributed by atoms with Crippen LogP contribution in [0.4, 0.5) is 0 Å². The Morgan fingerprint density at radius 3 is 2.62 bits per heavy atom. The van der Waals surface area contributed by atoms with E-state index in [1.54, 1.807) is 14.2 Å². The second-order valence-corrected chi connectivity index (χ2v) is 7.81. The summed E-state index contributed by atoms with van der Waals surface area (Å²) < 4.78 is 17.5. The Balaban J connectivity index is 1.50. The first-order valence-electron chi connectivity index (χ1n) is 9.75. The number of nitrogens with zero attached hydrogens (tertiary/aromatic N) is 4. The number of methoxy groups -OCH3 is 2. The van der Waals surface area contributed by atoms with Crippen molar-refractivity contribution in [2.45, 2.75) is 6.54 Å². The fraction of sp³-hybridized carbons (Fsp3) is 0.130. The number of fused-ring (bicyclic) bond motifs is 1. The van der Waals surface area contributed by atoms with Crippen LogP contribution < -0.4 is 15.0 Å². The first-order chi connectivity index (χ1) is 15.7. The molecule has 9 heteroatoms. The van der Waals surface area contributed by atoms with Gasteiger partial charge in [-0.2, -0.15) is 4.98 Å². The summed E-state index contributed by atoms with van der Waals surface area (Å²) in [6.07, 6.45) is 1.51. The third-order valence-corrected chi connectivity index (χ3v) is 5.97. The monoisotopic (exact) mass is 446 g/mol. The molecule has 5 rings (SSSR count). The quantitative estimate of drug-likeness (QED) is 0.385. The van der Waals surface area contributed by atoms with Crippen LogP contribution in [0.15, 0.2) is 69.6 Å². The van der Waals surface area contributed by atoms with Gasteiger partial charge in [0.05, 0.1) is 31.5 Å². The molecular formula is C23H18N4O4S. The molecule has 8 nitrogen and oxygen atoms in total. The normalized spacial score (nSPS) is 11.1. The van der Waals surface area contributed by atoms with Gasteiger partial charge in [-0.15, -0.1) is 11.3 Å². The summed E-state index contributed by atoms with van der Waals surface area (Å²) in [5.74, 6) is 2.10. The Kier molecular flexibility index (Phi) is 5.16. The topological polar surface area (TPSA) is 92.3 Å². The minimum absolute atomic E-state index is 0.113. The van der Waals surface area contributed by atoms with Crippen LogP contribution in [0.5, 0.6) is 11.5 Å². The summed E-state index contributed by atoms with van der Waals surface area (Å²) >= 11 is 1.43. The molecule has 0 saturated carbocycles. The molecule has 0 aliphatic rings. The molecule has 0 spiro atoms. The minimum Gasteiger partial charge on any atom is -0.497 e. The van der Waals surface area contributed by atoms with Gasteiger partial charge in [-0.05, 0) is 29.8 Å². The number of aromatic nitrogens is 4. The van der Waals surface area contributed by atoms with Crippen LogP contribution in [0, 0.1) is 0 Å². The average Bonchev–Trinajstić information content (AvgIpc) is 3.48. The van der Waals surface area contributed by atoms with E-state index in [2.05, 4.69) is 15.1 Å². The Bertz CT molecular complexity index is 1450. The predicted molar refractivity (Wildman–Crippen MR) is 121 cm³/mol. The SMILES string of the molecule is COc1ccc(-c2csc3ncn(Cc4nc(-c5ccccc5OC)no4)c(=O)c23)cc1. The Morgan fingerprint density at radius 1 is 1.03 bits per heavy atom. The highest BCUT2D eigenvalue weighted by molar-refractivity contribution is 7.17. The Hall–Kier alpha value is -3.98. The van der Waals surface area contributed by atoms with Crippen LogP contribution in [0.2, 0.25) is 0 Å². The van der Waals surface area contributed by atoms with E-state index in [4.69, 9.17) is 14.0 Å². The van der Waals surface area contributed by atoms with Gasteiger partial charge in [-0.1, -0.05) is 29.4 Å². The van der Waals surface area contributed by atoms with Gasteiger partial charge in [0, 0.05) is 10.9 Å². The number of hydrogen-bond donors (Lipinski definition) is 0. The molecule has 0 aliphatic carbocycles. The van der Waals surface area contributed by atoms with Crippen LogP contribution in [-0.4, -0.2) is 33.9 Å². The summed E-state index contributed by atoms with van der Waals surface area (Å²) in [5, 5.41) is 6.55. The molecule has 32 heavy (non-hydrogen) atoms. The highest BCUT2D eigenvalue weighted by Crippen LogP contribution is 2.32.